The fourth-order valence-electron chi connectivity index (χ4n) is 2.83. The SMILES string of the molecule is CCOC(=O)C(C)n1nc(-c2ccc(C)cc2)c(-c2ccc(C)cc2)nc1=O. The normalized spacial score (nSPS) is 11.9. The van der Waals surface area contributed by atoms with E-state index in [4.69, 9.17) is 4.74 Å². The zero-order valence-corrected chi connectivity index (χ0v) is 16.5. The van der Waals surface area contributed by atoms with Crippen LogP contribution in [-0.4, -0.2) is 27.3 Å². The molecule has 0 saturated carbocycles. The van der Waals surface area contributed by atoms with Crippen LogP contribution >= 0.6 is 0 Å². The molecule has 0 aliphatic carbocycles. The van der Waals surface area contributed by atoms with Crippen molar-refractivity contribution in [3.05, 3.63) is 70.1 Å². The van der Waals surface area contributed by atoms with Gasteiger partial charge in [0.1, 0.15) is 11.4 Å². The van der Waals surface area contributed by atoms with E-state index in [0.29, 0.717) is 11.4 Å². The van der Waals surface area contributed by atoms with E-state index in [2.05, 4.69) is 10.1 Å². The number of benzene rings is 2. The van der Waals surface area contributed by atoms with Gasteiger partial charge < -0.3 is 4.74 Å². The van der Waals surface area contributed by atoms with Crippen LogP contribution in [0, 0.1) is 13.8 Å². The van der Waals surface area contributed by atoms with E-state index >= 15 is 0 Å². The molecule has 0 spiro atoms. The average Bonchev–Trinajstić information content (AvgIpc) is 2.69. The summed E-state index contributed by atoms with van der Waals surface area (Å²) in [6.45, 7) is 7.53. The second-order valence-corrected chi connectivity index (χ2v) is 6.70. The first-order valence-corrected chi connectivity index (χ1v) is 9.22. The van der Waals surface area contributed by atoms with Gasteiger partial charge in [0.15, 0.2) is 6.04 Å². The van der Waals surface area contributed by atoms with E-state index in [1.807, 2.05) is 62.4 Å². The Morgan fingerprint density at radius 3 is 1.96 bits per heavy atom. The zero-order chi connectivity index (χ0) is 20.3. The Morgan fingerprint density at radius 1 is 0.964 bits per heavy atom. The van der Waals surface area contributed by atoms with Crippen LogP contribution in [0.25, 0.3) is 22.5 Å². The van der Waals surface area contributed by atoms with Gasteiger partial charge in [-0.1, -0.05) is 59.7 Å². The van der Waals surface area contributed by atoms with E-state index < -0.39 is 17.7 Å². The maximum atomic E-state index is 12.6. The smallest absolute Gasteiger partial charge is 0.365 e. The number of carbonyl (C=O) groups excluding carboxylic acids is 1. The van der Waals surface area contributed by atoms with Crippen molar-refractivity contribution in [2.45, 2.75) is 33.7 Å². The Labute approximate surface area is 163 Å². The van der Waals surface area contributed by atoms with Gasteiger partial charge in [-0.25, -0.2) is 9.59 Å². The van der Waals surface area contributed by atoms with Crippen LogP contribution in [0.4, 0.5) is 0 Å². The molecule has 1 heterocycles. The Kier molecular flexibility index (Phi) is 5.68. The van der Waals surface area contributed by atoms with Crippen molar-refractivity contribution >= 4 is 5.97 Å². The molecular weight excluding hydrogens is 354 g/mol. The first kappa shape index (κ1) is 19.5. The van der Waals surface area contributed by atoms with Crippen LogP contribution in [0.15, 0.2) is 53.3 Å². The number of esters is 1. The van der Waals surface area contributed by atoms with Gasteiger partial charge in [0.25, 0.3) is 0 Å². The van der Waals surface area contributed by atoms with Gasteiger partial charge >= 0.3 is 11.7 Å². The van der Waals surface area contributed by atoms with Crippen LogP contribution in [-0.2, 0) is 9.53 Å². The Bertz CT molecular complexity index is 1040. The molecule has 0 radical (unpaired) electrons. The fraction of sp³-hybridized carbons (Fsp3) is 0.273. The molecule has 3 aromatic rings. The predicted octanol–water partition coefficient (Wildman–Crippen LogP) is 3.71. The predicted molar refractivity (Wildman–Crippen MR) is 108 cm³/mol. The maximum absolute atomic E-state index is 12.6. The average molecular weight is 377 g/mol. The Morgan fingerprint density at radius 2 is 1.46 bits per heavy atom. The van der Waals surface area contributed by atoms with Gasteiger partial charge in [-0.15, -0.1) is 0 Å². The van der Waals surface area contributed by atoms with Gasteiger partial charge in [0, 0.05) is 11.1 Å². The summed E-state index contributed by atoms with van der Waals surface area (Å²) in [6.07, 6.45) is 0. The molecule has 6 heteroatoms. The molecule has 2 aromatic carbocycles. The van der Waals surface area contributed by atoms with Crippen LogP contribution < -0.4 is 5.69 Å². The third-order valence-corrected chi connectivity index (χ3v) is 4.48. The molecule has 1 unspecified atom stereocenters. The topological polar surface area (TPSA) is 74.1 Å². The van der Waals surface area contributed by atoms with Crippen molar-refractivity contribution in [3.8, 4) is 22.5 Å². The minimum Gasteiger partial charge on any atom is -0.464 e. The van der Waals surface area contributed by atoms with E-state index in [-0.39, 0.29) is 6.61 Å². The minimum absolute atomic E-state index is 0.234. The van der Waals surface area contributed by atoms with E-state index in [9.17, 15) is 9.59 Å². The summed E-state index contributed by atoms with van der Waals surface area (Å²) in [6, 6.07) is 14.7. The molecule has 0 amide bonds. The second kappa shape index (κ2) is 8.17. The highest BCUT2D eigenvalue weighted by atomic mass is 16.5. The number of ether oxygens (including phenoxy) is 1. The Balaban J connectivity index is 2.20. The number of carbonyl (C=O) groups is 1. The lowest BCUT2D eigenvalue weighted by atomic mass is 10.0. The number of aryl methyl sites for hydroxylation is 2. The molecule has 0 bridgehead atoms. The summed E-state index contributed by atoms with van der Waals surface area (Å²) in [5.41, 5.74) is 4.27. The van der Waals surface area contributed by atoms with E-state index in [1.165, 1.54) is 0 Å². The van der Waals surface area contributed by atoms with Crippen molar-refractivity contribution in [2.75, 3.05) is 6.61 Å². The molecule has 6 nitrogen and oxygen atoms in total. The lowest BCUT2D eigenvalue weighted by Crippen LogP contribution is -2.34. The van der Waals surface area contributed by atoms with Crippen molar-refractivity contribution in [3.63, 3.8) is 0 Å². The van der Waals surface area contributed by atoms with Crippen molar-refractivity contribution in [1.29, 1.82) is 0 Å². The summed E-state index contributed by atoms with van der Waals surface area (Å²) >= 11 is 0. The highest BCUT2D eigenvalue weighted by Crippen LogP contribution is 2.28. The molecule has 0 aliphatic rings. The van der Waals surface area contributed by atoms with Crippen LogP contribution in [0.5, 0.6) is 0 Å². The largest absolute Gasteiger partial charge is 0.464 e. The van der Waals surface area contributed by atoms with Crippen LogP contribution in [0.3, 0.4) is 0 Å². The van der Waals surface area contributed by atoms with Crippen molar-refractivity contribution in [2.24, 2.45) is 0 Å². The summed E-state index contributed by atoms with van der Waals surface area (Å²) in [4.78, 5) is 29.1. The van der Waals surface area contributed by atoms with Crippen molar-refractivity contribution < 1.29 is 9.53 Å². The maximum Gasteiger partial charge on any atom is 0.365 e. The van der Waals surface area contributed by atoms with E-state index in [1.54, 1.807) is 13.8 Å². The van der Waals surface area contributed by atoms with Gasteiger partial charge in [-0.3, -0.25) is 0 Å². The molecule has 1 aromatic heterocycles. The van der Waals surface area contributed by atoms with Gasteiger partial charge in [0.2, 0.25) is 0 Å². The van der Waals surface area contributed by atoms with Crippen LogP contribution in [0.2, 0.25) is 0 Å². The zero-order valence-electron chi connectivity index (χ0n) is 16.5. The molecular formula is C22H23N3O3. The molecule has 144 valence electrons. The fourth-order valence-corrected chi connectivity index (χ4v) is 2.83. The summed E-state index contributed by atoms with van der Waals surface area (Å²) in [5.74, 6) is -0.517. The molecule has 28 heavy (non-hydrogen) atoms. The number of rotatable bonds is 5. The highest BCUT2D eigenvalue weighted by Gasteiger charge is 2.22. The van der Waals surface area contributed by atoms with Crippen LogP contribution in [0.1, 0.15) is 31.0 Å². The third kappa shape index (κ3) is 4.01. The van der Waals surface area contributed by atoms with Gasteiger partial charge in [0.05, 0.1) is 6.61 Å². The molecule has 0 aliphatic heterocycles. The number of nitrogens with zero attached hydrogens (tertiary/aromatic N) is 3. The second-order valence-electron chi connectivity index (χ2n) is 6.70. The van der Waals surface area contributed by atoms with E-state index in [0.717, 1.165) is 26.9 Å². The first-order valence-electron chi connectivity index (χ1n) is 9.22. The monoisotopic (exact) mass is 377 g/mol. The lowest BCUT2D eigenvalue weighted by Gasteiger charge is -2.15. The Hall–Kier alpha value is -3.28. The summed E-state index contributed by atoms with van der Waals surface area (Å²) in [7, 11) is 0. The molecule has 3 rings (SSSR count). The summed E-state index contributed by atoms with van der Waals surface area (Å²) < 4.78 is 6.12. The quantitative estimate of drug-likeness (QED) is 0.634. The standard InChI is InChI=1S/C22H23N3O3/c1-5-28-21(26)16(4)25-22(27)23-19(17-10-6-14(2)7-11-17)20(24-25)18-12-8-15(3)9-13-18/h6-13,16H,5H2,1-4H3. The number of hydrogen-bond donors (Lipinski definition) is 0. The van der Waals surface area contributed by atoms with Crippen molar-refractivity contribution in [1.82, 2.24) is 14.8 Å². The minimum atomic E-state index is -0.865. The number of hydrogen-bond acceptors (Lipinski definition) is 5. The molecule has 1 atom stereocenters. The third-order valence-electron chi connectivity index (χ3n) is 4.48. The molecule has 0 fully saturated rings. The first-order chi connectivity index (χ1) is 13.4. The highest BCUT2D eigenvalue weighted by molar-refractivity contribution is 5.78. The summed E-state index contributed by atoms with van der Waals surface area (Å²) in [5, 5.41) is 4.52. The van der Waals surface area contributed by atoms with Gasteiger partial charge in [-0.05, 0) is 27.7 Å². The molecule has 0 saturated heterocycles. The molecule has 0 N–H and O–H groups in total. The number of aromatic nitrogens is 3. The lowest BCUT2D eigenvalue weighted by molar-refractivity contribution is -0.147. The van der Waals surface area contributed by atoms with Gasteiger partial charge in [-0.2, -0.15) is 14.8 Å².